The van der Waals surface area contributed by atoms with E-state index in [1.807, 2.05) is 0 Å². The van der Waals surface area contributed by atoms with Crippen molar-refractivity contribution in [2.45, 2.75) is 36.1 Å². The maximum atomic E-state index is 13.4. The smallest absolute Gasteiger partial charge is 0.219 e. The Kier molecular flexibility index (Phi) is 5.69. The van der Waals surface area contributed by atoms with Gasteiger partial charge in [-0.15, -0.1) is 0 Å². The summed E-state index contributed by atoms with van der Waals surface area (Å²) in [5.74, 6) is -1.21. The first-order valence-corrected chi connectivity index (χ1v) is 11.3. The average molecular weight is 492 g/mol. The van der Waals surface area contributed by atoms with Gasteiger partial charge in [-0.2, -0.15) is 0 Å². The Hall–Kier alpha value is -3.61. The third-order valence-corrected chi connectivity index (χ3v) is 6.89. The Bertz CT molecular complexity index is 1290. The number of rotatable bonds is 6. The molecule has 0 aromatic heterocycles. The number of aliphatic imine (C=N–C) groups is 3. The number of ketones is 2. The molecule has 5 rings (SSSR count). The standard InChI is InChI=1S/C25H25N5O6/c1-23(34)22(36-17(12-31)24(23,35)19(32)15-8-4-2-5-9-15)30-14-28-18-21(30)27-13-29-25(18,26)20(33)16-10-6-3-7-11-16/h2-11,13,17,22,31,34-35H,12,14,26H2,1H3/t17-,22-,23+,24+,25?/m1/s1. The van der Waals surface area contributed by atoms with Crippen molar-refractivity contribution in [2.24, 2.45) is 20.7 Å². The molecule has 1 fully saturated rings. The van der Waals surface area contributed by atoms with Crippen LogP contribution in [0.15, 0.2) is 75.6 Å². The number of Topliss-reactive ketones (excluding diaryl/α,β-unsaturated/α-hetero) is 2. The van der Waals surface area contributed by atoms with Crippen molar-refractivity contribution in [2.75, 3.05) is 13.3 Å². The fraction of sp³-hybridized carbons (Fsp3) is 0.320. The SMILES string of the molecule is C[C@]1(O)[C@H](N2CN=C3C2=NC=NC3(N)C(=O)c2ccccc2)O[C@H](CO)[C@]1(O)C(=O)c1ccccc1. The zero-order valence-electron chi connectivity index (χ0n) is 19.4. The van der Waals surface area contributed by atoms with Crippen LogP contribution in [0.4, 0.5) is 0 Å². The minimum atomic E-state index is -2.50. The Morgan fingerprint density at radius 1 is 1.06 bits per heavy atom. The lowest BCUT2D eigenvalue weighted by Crippen LogP contribution is -2.66. The predicted octanol–water partition coefficient (Wildman–Crippen LogP) is -0.239. The van der Waals surface area contributed by atoms with Crippen LogP contribution in [0.3, 0.4) is 0 Å². The fourth-order valence-electron chi connectivity index (χ4n) is 4.88. The highest BCUT2D eigenvalue weighted by molar-refractivity contribution is 6.52. The number of amidine groups is 1. The van der Waals surface area contributed by atoms with Gasteiger partial charge in [0.05, 0.1) is 6.61 Å². The molecule has 3 heterocycles. The second-order valence-electron chi connectivity index (χ2n) is 9.05. The van der Waals surface area contributed by atoms with Gasteiger partial charge in [0.25, 0.3) is 0 Å². The largest absolute Gasteiger partial charge is 0.394 e. The summed E-state index contributed by atoms with van der Waals surface area (Å²) in [6, 6.07) is 16.3. The molecule has 0 bridgehead atoms. The Balaban J connectivity index is 1.48. The van der Waals surface area contributed by atoms with E-state index in [1.165, 1.54) is 24.0 Å². The number of benzene rings is 2. The van der Waals surface area contributed by atoms with Crippen LogP contribution in [0.25, 0.3) is 0 Å². The Labute approximate surface area is 206 Å². The number of carbonyl (C=O) groups excluding carboxylic acids is 2. The number of aliphatic hydroxyl groups is 3. The van der Waals surface area contributed by atoms with Gasteiger partial charge in [-0.1, -0.05) is 60.7 Å². The van der Waals surface area contributed by atoms with Gasteiger partial charge < -0.3 is 25.0 Å². The van der Waals surface area contributed by atoms with Gasteiger partial charge in [0.2, 0.25) is 11.4 Å². The van der Waals surface area contributed by atoms with Crippen LogP contribution in [-0.2, 0) is 4.74 Å². The molecule has 1 saturated heterocycles. The molecule has 0 aliphatic carbocycles. The van der Waals surface area contributed by atoms with E-state index >= 15 is 0 Å². The van der Waals surface area contributed by atoms with E-state index in [-0.39, 0.29) is 23.8 Å². The van der Waals surface area contributed by atoms with Crippen LogP contribution in [-0.4, -0.2) is 92.1 Å². The molecular weight excluding hydrogens is 466 g/mol. The Morgan fingerprint density at radius 2 is 1.64 bits per heavy atom. The topological polar surface area (TPSA) is 170 Å². The molecule has 3 aliphatic rings. The summed E-state index contributed by atoms with van der Waals surface area (Å²) in [4.78, 5) is 40.8. The van der Waals surface area contributed by atoms with Crippen molar-refractivity contribution in [3.05, 3.63) is 71.8 Å². The summed E-state index contributed by atoms with van der Waals surface area (Å²) in [5, 5.41) is 33.2. The van der Waals surface area contributed by atoms with Gasteiger partial charge in [-0.05, 0) is 6.92 Å². The molecule has 186 valence electrons. The summed E-state index contributed by atoms with van der Waals surface area (Å²) >= 11 is 0. The number of ether oxygens (including phenoxy) is 1. The minimum Gasteiger partial charge on any atom is -0.394 e. The van der Waals surface area contributed by atoms with Crippen molar-refractivity contribution >= 4 is 29.5 Å². The summed E-state index contributed by atoms with van der Waals surface area (Å²) in [5.41, 5.74) is 0.371. The highest BCUT2D eigenvalue weighted by atomic mass is 16.6. The molecule has 0 spiro atoms. The molecular formula is C25H25N5O6. The van der Waals surface area contributed by atoms with Gasteiger partial charge in [-0.3, -0.25) is 20.3 Å². The summed E-state index contributed by atoms with van der Waals surface area (Å²) in [6.45, 7) is 0.353. The first kappa shape index (κ1) is 24.1. The molecule has 5 atom stereocenters. The second kappa shape index (κ2) is 8.50. The minimum absolute atomic E-state index is 0.0589. The lowest BCUT2D eigenvalue weighted by Gasteiger charge is -2.39. The lowest BCUT2D eigenvalue weighted by atomic mass is 9.75. The molecule has 0 saturated carbocycles. The number of carbonyl (C=O) groups is 2. The van der Waals surface area contributed by atoms with Gasteiger partial charge in [0.15, 0.2) is 23.4 Å². The molecule has 3 aliphatic heterocycles. The van der Waals surface area contributed by atoms with E-state index < -0.39 is 47.4 Å². The fourth-order valence-corrected chi connectivity index (χ4v) is 4.88. The maximum absolute atomic E-state index is 13.4. The van der Waals surface area contributed by atoms with E-state index in [0.717, 1.165) is 6.34 Å². The molecule has 2 aromatic rings. The summed E-state index contributed by atoms with van der Waals surface area (Å²) in [7, 11) is 0. The van der Waals surface area contributed by atoms with Crippen molar-refractivity contribution in [1.82, 2.24) is 4.90 Å². The number of aliphatic hydroxyl groups excluding tert-OH is 1. The van der Waals surface area contributed by atoms with Crippen molar-refractivity contribution in [3.63, 3.8) is 0 Å². The molecule has 11 heteroatoms. The molecule has 2 aromatic carbocycles. The monoisotopic (exact) mass is 491 g/mol. The third-order valence-electron chi connectivity index (χ3n) is 6.89. The predicted molar refractivity (Wildman–Crippen MR) is 130 cm³/mol. The van der Waals surface area contributed by atoms with Gasteiger partial charge >= 0.3 is 0 Å². The van der Waals surface area contributed by atoms with Crippen LogP contribution in [0.5, 0.6) is 0 Å². The lowest BCUT2D eigenvalue weighted by molar-refractivity contribution is -0.128. The number of hydrogen-bond acceptors (Lipinski definition) is 11. The van der Waals surface area contributed by atoms with Crippen molar-refractivity contribution in [1.29, 1.82) is 0 Å². The van der Waals surface area contributed by atoms with Crippen LogP contribution < -0.4 is 5.73 Å². The molecule has 0 amide bonds. The highest BCUT2D eigenvalue weighted by Gasteiger charge is 2.69. The molecule has 1 unspecified atom stereocenters. The van der Waals surface area contributed by atoms with E-state index in [0.29, 0.717) is 5.56 Å². The van der Waals surface area contributed by atoms with Crippen molar-refractivity contribution < 1.29 is 29.6 Å². The Morgan fingerprint density at radius 3 is 2.22 bits per heavy atom. The van der Waals surface area contributed by atoms with E-state index in [9.17, 15) is 24.9 Å². The number of fused-ring (bicyclic) bond motifs is 1. The van der Waals surface area contributed by atoms with Crippen LogP contribution >= 0.6 is 0 Å². The second-order valence-corrected chi connectivity index (χ2v) is 9.05. The normalized spacial score (nSPS) is 33.2. The van der Waals surface area contributed by atoms with E-state index in [4.69, 9.17) is 10.5 Å². The quantitative estimate of drug-likeness (QED) is 0.401. The highest BCUT2D eigenvalue weighted by Crippen LogP contribution is 2.44. The zero-order valence-corrected chi connectivity index (χ0v) is 19.4. The van der Waals surface area contributed by atoms with E-state index in [1.54, 1.807) is 48.5 Å². The maximum Gasteiger partial charge on any atom is 0.219 e. The molecule has 36 heavy (non-hydrogen) atoms. The summed E-state index contributed by atoms with van der Waals surface area (Å²) in [6.07, 6.45) is -1.70. The van der Waals surface area contributed by atoms with E-state index in [2.05, 4.69) is 15.0 Å². The van der Waals surface area contributed by atoms with Crippen LogP contribution in [0.1, 0.15) is 27.6 Å². The van der Waals surface area contributed by atoms with Gasteiger partial charge in [-0.25, -0.2) is 9.98 Å². The van der Waals surface area contributed by atoms with Gasteiger partial charge in [0, 0.05) is 11.1 Å². The first-order chi connectivity index (χ1) is 17.2. The molecule has 0 radical (unpaired) electrons. The molecule has 11 nitrogen and oxygen atoms in total. The molecule has 5 N–H and O–H groups in total. The van der Waals surface area contributed by atoms with Crippen molar-refractivity contribution in [3.8, 4) is 0 Å². The average Bonchev–Trinajstić information content (AvgIpc) is 3.41. The first-order valence-electron chi connectivity index (χ1n) is 11.3. The summed E-state index contributed by atoms with van der Waals surface area (Å²) < 4.78 is 5.86. The number of nitrogens with zero attached hydrogens (tertiary/aromatic N) is 4. The number of nitrogens with two attached hydrogens (primary N) is 1. The third kappa shape index (κ3) is 3.29. The number of hydrogen-bond donors (Lipinski definition) is 4. The zero-order chi connectivity index (χ0) is 25.7. The van der Waals surface area contributed by atoms with Crippen LogP contribution in [0, 0.1) is 0 Å². The van der Waals surface area contributed by atoms with Crippen LogP contribution in [0.2, 0.25) is 0 Å². The van der Waals surface area contributed by atoms with Gasteiger partial charge in [0.1, 0.15) is 30.4 Å².